The number of aromatic nitrogens is 4. The SMILES string of the molecule is N[C@H]1CC[C@@H](CNc2cncnc2-c2cnn(-c3ccccc3F)c2)CC1.O=C(O)C(F)(F)F. The Bertz CT molecular complexity index is 1100. The lowest BCUT2D eigenvalue weighted by molar-refractivity contribution is -0.192. The first-order chi connectivity index (χ1) is 16.1. The maximum absolute atomic E-state index is 14.0. The minimum Gasteiger partial charge on any atom is -0.475 e. The second-order valence-electron chi connectivity index (χ2n) is 7.87. The number of carboxylic acid groups (broad SMARTS) is 1. The molecule has 0 bridgehead atoms. The molecule has 2 heterocycles. The molecule has 1 aliphatic rings. The number of carbonyl (C=O) groups is 1. The van der Waals surface area contributed by atoms with Gasteiger partial charge >= 0.3 is 12.1 Å². The number of aliphatic carboxylic acids is 1. The van der Waals surface area contributed by atoms with Crippen LogP contribution in [0.2, 0.25) is 0 Å². The van der Waals surface area contributed by atoms with Crippen molar-refractivity contribution in [1.82, 2.24) is 19.7 Å². The first kappa shape index (κ1) is 25.1. The summed E-state index contributed by atoms with van der Waals surface area (Å²) in [6.45, 7) is 0.870. The highest BCUT2D eigenvalue weighted by atomic mass is 19.4. The van der Waals surface area contributed by atoms with Gasteiger partial charge in [-0.3, -0.25) is 0 Å². The first-order valence-electron chi connectivity index (χ1n) is 10.5. The summed E-state index contributed by atoms with van der Waals surface area (Å²) in [5, 5.41) is 14.9. The number of rotatable bonds is 5. The molecule has 0 saturated heterocycles. The summed E-state index contributed by atoms with van der Waals surface area (Å²) in [5.41, 5.74) is 8.84. The number of halogens is 4. The van der Waals surface area contributed by atoms with E-state index in [1.54, 1.807) is 36.8 Å². The lowest BCUT2D eigenvalue weighted by Gasteiger charge is -2.26. The Morgan fingerprint density at radius 2 is 1.85 bits per heavy atom. The van der Waals surface area contributed by atoms with Gasteiger partial charge in [-0.15, -0.1) is 0 Å². The molecule has 3 aromatic rings. The number of nitrogens with two attached hydrogens (primary N) is 1. The highest BCUT2D eigenvalue weighted by Crippen LogP contribution is 2.28. The molecular weight excluding hydrogens is 456 g/mol. The molecule has 34 heavy (non-hydrogen) atoms. The maximum Gasteiger partial charge on any atom is 0.490 e. The highest BCUT2D eigenvalue weighted by Gasteiger charge is 2.38. The number of hydrogen-bond acceptors (Lipinski definition) is 6. The summed E-state index contributed by atoms with van der Waals surface area (Å²) in [5.74, 6) is -2.46. The van der Waals surface area contributed by atoms with E-state index in [1.165, 1.54) is 17.1 Å². The molecule has 1 saturated carbocycles. The van der Waals surface area contributed by atoms with E-state index in [0.29, 0.717) is 17.6 Å². The van der Waals surface area contributed by atoms with Crippen LogP contribution >= 0.6 is 0 Å². The van der Waals surface area contributed by atoms with Crippen LogP contribution in [0.4, 0.5) is 23.2 Å². The molecule has 1 aromatic carbocycles. The molecule has 0 spiro atoms. The third-order valence-electron chi connectivity index (χ3n) is 5.38. The van der Waals surface area contributed by atoms with Crippen molar-refractivity contribution in [1.29, 1.82) is 0 Å². The van der Waals surface area contributed by atoms with Crippen LogP contribution in [-0.2, 0) is 4.79 Å². The monoisotopic (exact) mass is 480 g/mol. The number of alkyl halides is 3. The number of anilines is 1. The van der Waals surface area contributed by atoms with Crippen molar-refractivity contribution < 1.29 is 27.5 Å². The summed E-state index contributed by atoms with van der Waals surface area (Å²) in [6.07, 6.45) is 6.13. The van der Waals surface area contributed by atoms with Gasteiger partial charge in [-0.05, 0) is 43.7 Å². The minimum absolute atomic E-state index is 0.316. The number of hydrogen-bond donors (Lipinski definition) is 3. The Kier molecular flexibility index (Phi) is 8.16. The van der Waals surface area contributed by atoms with E-state index >= 15 is 0 Å². The number of nitrogens with zero attached hydrogens (tertiary/aromatic N) is 4. The third-order valence-corrected chi connectivity index (χ3v) is 5.38. The lowest BCUT2D eigenvalue weighted by Crippen LogP contribution is -2.29. The van der Waals surface area contributed by atoms with Gasteiger partial charge in [0.15, 0.2) is 0 Å². The van der Waals surface area contributed by atoms with Gasteiger partial charge in [0.05, 0.1) is 23.8 Å². The smallest absolute Gasteiger partial charge is 0.475 e. The van der Waals surface area contributed by atoms with Gasteiger partial charge < -0.3 is 16.2 Å². The van der Waals surface area contributed by atoms with Crippen LogP contribution in [0.5, 0.6) is 0 Å². The molecule has 0 aliphatic heterocycles. The molecule has 4 N–H and O–H groups in total. The highest BCUT2D eigenvalue weighted by molar-refractivity contribution is 5.73. The Morgan fingerprint density at radius 3 is 2.50 bits per heavy atom. The van der Waals surface area contributed by atoms with Gasteiger partial charge in [0, 0.05) is 24.3 Å². The number of nitrogens with one attached hydrogen (secondary N) is 1. The Hall–Kier alpha value is -3.54. The predicted molar refractivity (Wildman–Crippen MR) is 117 cm³/mol. The number of para-hydroxylation sites is 1. The Morgan fingerprint density at radius 1 is 1.18 bits per heavy atom. The van der Waals surface area contributed by atoms with Crippen LogP contribution in [0.15, 0.2) is 49.2 Å². The maximum atomic E-state index is 14.0. The minimum atomic E-state index is -5.08. The van der Waals surface area contributed by atoms with Crippen molar-refractivity contribution >= 4 is 11.7 Å². The summed E-state index contributed by atoms with van der Waals surface area (Å²) in [6, 6.07) is 6.91. The van der Waals surface area contributed by atoms with Crippen molar-refractivity contribution in [3.05, 3.63) is 55.0 Å². The van der Waals surface area contributed by atoms with Gasteiger partial charge in [-0.2, -0.15) is 18.3 Å². The van der Waals surface area contributed by atoms with Gasteiger partial charge in [-0.1, -0.05) is 12.1 Å². The van der Waals surface area contributed by atoms with Crippen LogP contribution in [0.3, 0.4) is 0 Å². The molecule has 1 fully saturated rings. The fourth-order valence-electron chi connectivity index (χ4n) is 3.55. The summed E-state index contributed by atoms with van der Waals surface area (Å²) >= 11 is 0. The van der Waals surface area contributed by atoms with E-state index in [-0.39, 0.29) is 5.82 Å². The van der Waals surface area contributed by atoms with Gasteiger partial charge in [-0.25, -0.2) is 23.8 Å². The summed E-state index contributed by atoms with van der Waals surface area (Å²) in [7, 11) is 0. The zero-order valence-electron chi connectivity index (χ0n) is 18.0. The summed E-state index contributed by atoms with van der Waals surface area (Å²) in [4.78, 5) is 17.5. The van der Waals surface area contributed by atoms with Crippen molar-refractivity contribution in [2.24, 2.45) is 11.7 Å². The summed E-state index contributed by atoms with van der Waals surface area (Å²) < 4.78 is 47.3. The largest absolute Gasteiger partial charge is 0.490 e. The average Bonchev–Trinajstić information content (AvgIpc) is 3.29. The van der Waals surface area contributed by atoms with Crippen molar-refractivity contribution in [3.63, 3.8) is 0 Å². The zero-order valence-corrected chi connectivity index (χ0v) is 18.0. The Balaban J connectivity index is 0.000000406. The van der Waals surface area contributed by atoms with Crippen LogP contribution in [0, 0.1) is 11.7 Å². The van der Waals surface area contributed by atoms with E-state index in [9.17, 15) is 17.6 Å². The van der Waals surface area contributed by atoms with E-state index in [0.717, 1.165) is 49.2 Å². The van der Waals surface area contributed by atoms with Crippen LogP contribution in [0.25, 0.3) is 16.9 Å². The predicted octanol–water partition coefficient (Wildman–Crippen LogP) is 4.03. The van der Waals surface area contributed by atoms with Crippen molar-refractivity contribution in [3.8, 4) is 16.9 Å². The molecule has 0 unspecified atom stereocenters. The molecule has 12 heteroatoms. The van der Waals surface area contributed by atoms with Crippen LogP contribution in [-0.4, -0.2) is 49.6 Å². The molecule has 182 valence electrons. The standard InChI is InChI=1S/C20H23FN6.C2HF3O2/c21-17-3-1-2-4-19(17)27-12-15(10-26-27)20-18(11-23-13-25-20)24-9-14-5-7-16(22)8-6-14;3-2(4,5)1(6)7/h1-4,10-14,16,24H,5-9,22H2;(H,6,7)/t14-,16+;. The molecule has 1 aliphatic carbocycles. The number of carboxylic acids is 1. The fourth-order valence-corrected chi connectivity index (χ4v) is 3.55. The van der Waals surface area contributed by atoms with Crippen LogP contribution in [0.1, 0.15) is 25.7 Å². The lowest BCUT2D eigenvalue weighted by atomic mass is 9.86. The molecule has 0 atom stereocenters. The second kappa shape index (κ2) is 11.1. The molecule has 4 rings (SSSR count). The third kappa shape index (κ3) is 6.73. The topological polar surface area (TPSA) is 119 Å². The Labute approximate surface area is 192 Å². The molecule has 0 amide bonds. The van der Waals surface area contributed by atoms with E-state index in [1.807, 2.05) is 0 Å². The van der Waals surface area contributed by atoms with Crippen molar-refractivity contribution in [2.45, 2.75) is 37.9 Å². The van der Waals surface area contributed by atoms with Crippen LogP contribution < -0.4 is 11.1 Å². The van der Waals surface area contributed by atoms with Gasteiger partial charge in [0.1, 0.15) is 17.8 Å². The average molecular weight is 480 g/mol. The van der Waals surface area contributed by atoms with Gasteiger partial charge in [0.25, 0.3) is 0 Å². The zero-order chi connectivity index (χ0) is 24.7. The van der Waals surface area contributed by atoms with E-state index in [2.05, 4.69) is 20.4 Å². The molecule has 2 aromatic heterocycles. The van der Waals surface area contributed by atoms with Gasteiger partial charge in [0.2, 0.25) is 0 Å². The first-order valence-corrected chi connectivity index (χ1v) is 10.5. The normalized spacial score (nSPS) is 18.0. The molecule has 8 nitrogen and oxygen atoms in total. The molecular formula is C22H24F4N6O2. The van der Waals surface area contributed by atoms with E-state index < -0.39 is 12.1 Å². The van der Waals surface area contributed by atoms with E-state index in [4.69, 9.17) is 15.6 Å². The number of benzene rings is 1. The quantitative estimate of drug-likeness (QED) is 0.472. The molecule has 0 radical (unpaired) electrons. The second-order valence-corrected chi connectivity index (χ2v) is 7.87. The fraction of sp³-hybridized carbons (Fsp3) is 0.364. The van der Waals surface area contributed by atoms with Crippen molar-refractivity contribution in [2.75, 3.05) is 11.9 Å².